The van der Waals surface area contributed by atoms with Gasteiger partial charge in [0, 0.05) is 36.8 Å². The average molecular weight is 277 g/mol. The zero-order valence-electron chi connectivity index (χ0n) is 12.0. The smallest absolute Gasteiger partial charge is 0.272 e. The topological polar surface area (TPSA) is 72.4 Å². The van der Waals surface area contributed by atoms with Crippen LogP contribution in [0.5, 0.6) is 0 Å². The van der Waals surface area contributed by atoms with Gasteiger partial charge in [0.1, 0.15) is 0 Å². The minimum absolute atomic E-state index is 0.224. The zero-order chi connectivity index (χ0) is 14.5. The van der Waals surface area contributed by atoms with Gasteiger partial charge in [-0.25, -0.2) is 0 Å². The molecular weight excluding hydrogens is 254 g/mol. The summed E-state index contributed by atoms with van der Waals surface area (Å²) in [5.74, 6) is 0. The quantitative estimate of drug-likeness (QED) is 0.662. The Bertz CT molecular complexity index is 464. The van der Waals surface area contributed by atoms with Crippen LogP contribution in [-0.2, 0) is 6.42 Å². The van der Waals surface area contributed by atoms with Crippen LogP contribution in [0.4, 0.5) is 5.69 Å². The Balaban J connectivity index is 2.05. The number of nitrogens with two attached hydrogens (primary N) is 1. The molecule has 5 heteroatoms. The number of likely N-dealkylation sites (tertiary alicyclic amines) is 1. The molecule has 2 rings (SSSR count). The lowest BCUT2D eigenvalue weighted by Gasteiger charge is -2.40. The number of rotatable bonds is 5. The van der Waals surface area contributed by atoms with Crippen molar-refractivity contribution in [3.05, 3.63) is 39.9 Å². The molecule has 0 bridgehead atoms. The number of nitro groups is 1. The van der Waals surface area contributed by atoms with E-state index >= 15 is 0 Å². The molecule has 110 valence electrons. The molecule has 1 fully saturated rings. The predicted molar refractivity (Wildman–Crippen MR) is 79.7 cm³/mol. The molecule has 5 nitrogen and oxygen atoms in total. The Morgan fingerprint density at radius 1 is 1.40 bits per heavy atom. The van der Waals surface area contributed by atoms with Crippen molar-refractivity contribution in [1.29, 1.82) is 0 Å². The Labute approximate surface area is 119 Å². The van der Waals surface area contributed by atoms with E-state index in [9.17, 15) is 10.1 Å². The lowest BCUT2D eigenvalue weighted by molar-refractivity contribution is -0.385. The maximum absolute atomic E-state index is 11.0. The summed E-state index contributed by atoms with van der Waals surface area (Å²) in [7, 11) is 0. The summed E-state index contributed by atoms with van der Waals surface area (Å²) in [5.41, 5.74) is 6.89. The number of benzene rings is 1. The van der Waals surface area contributed by atoms with Crippen molar-refractivity contribution in [2.75, 3.05) is 13.1 Å². The molecule has 0 spiro atoms. The minimum atomic E-state index is -0.296. The van der Waals surface area contributed by atoms with Gasteiger partial charge in [-0.2, -0.15) is 0 Å². The average Bonchev–Trinajstić information content (AvgIpc) is 2.46. The second kappa shape index (κ2) is 6.81. The van der Waals surface area contributed by atoms with E-state index in [1.54, 1.807) is 12.1 Å². The van der Waals surface area contributed by atoms with Gasteiger partial charge in [0.15, 0.2) is 0 Å². The van der Waals surface area contributed by atoms with Crippen molar-refractivity contribution < 1.29 is 4.92 Å². The van der Waals surface area contributed by atoms with Crippen LogP contribution >= 0.6 is 0 Å². The van der Waals surface area contributed by atoms with E-state index < -0.39 is 0 Å². The second-order valence-electron chi connectivity index (χ2n) is 5.54. The van der Waals surface area contributed by atoms with E-state index in [4.69, 9.17) is 5.73 Å². The molecular formula is C15H23N3O2. The molecule has 1 saturated heterocycles. The van der Waals surface area contributed by atoms with Crippen LogP contribution in [0.15, 0.2) is 24.3 Å². The first kappa shape index (κ1) is 14.9. The van der Waals surface area contributed by atoms with Crippen LogP contribution in [-0.4, -0.2) is 35.0 Å². The highest BCUT2D eigenvalue weighted by molar-refractivity contribution is 5.39. The van der Waals surface area contributed by atoms with Gasteiger partial charge in [-0.05, 0) is 26.2 Å². The van der Waals surface area contributed by atoms with Gasteiger partial charge in [-0.1, -0.05) is 24.6 Å². The molecule has 1 aliphatic rings. The maximum Gasteiger partial charge on any atom is 0.272 e. The van der Waals surface area contributed by atoms with Gasteiger partial charge in [-0.15, -0.1) is 0 Å². The summed E-state index contributed by atoms with van der Waals surface area (Å²) in [6.45, 7) is 3.73. The molecule has 1 aliphatic heterocycles. The first-order valence-corrected chi connectivity index (χ1v) is 7.31. The summed E-state index contributed by atoms with van der Waals surface area (Å²) in [4.78, 5) is 13.2. The summed E-state index contributed by atoms with van der Waals surface area (Å²) in [6.07, 6.45) is 4.26. The highest BCUT2D eigenvalue weighted by Crippen LogP contribution is 2.24. The summed E-state index contributed by atoms with van der Waals surface area (Å²) >= 11 is 0. The standard InChI is InChI=1S/C15H23N3O2/c1-12-5-4-7-14(11-16)17(12)10-9-13-6-2-3-8-15(13)18(19)20/h2-3,6,8,12,14H,4-5,7,9-11,16H2,1H3. The van der Waals surface area contributed by atoms with Crippen molar-refractivity contribution in [3.63, 3.8) is 0 Å². The third-order valence-corrected chi connectivity index (χ3v) is 4.29. The van der Waals surface area contributed by atoms with E-state index in [-0.39, 0.29) is 10.6 Å². The molecule has 0 aromatic heterocycles. The molecule has 1 aromatic rings. The highest BCUT2D eigenvalue weighted by atomic mass is 16.6. The third kappa shape index (κ3) is 3.35. The van der Waals surface area contributed by atoms with Crippen molar-refractivity contribution in [1.82, 2.24) is 4.90 Å². The summed E-state index contributed by atoms with van der Waals surface area (Å²) in [5, 5.41) is 11.0. The van der Waals surface area contributed by atoms with Gasteiger partial charge < -0.3 is 5.73 Å². The van der Waals surface area contributed by atoms with E-state index in [0.717, 1.165) is 18.5 Å². The fourth-order valence-electron chi connectivity index (χ4n) is 3.15. The van der Waals surface area contributed by atoms with E-state index in [1.807, 2.05) is 12.1 Å². The highest BCUT2D eigenvalue weighted by Gasteiger charge is 2.27. The molecule has 2 atom stereocenters. The molecule has 0 saturated carbocycles. The molecule has 1 heterocycles. The molecule has 0 radical (unpaired) electrons. The number of hydrogen-bond acceptors (Lipinski definition) is 4. The van der Waals surface area contributed by atoms with Crippen LogP contribution < -0.4 is 5.73 Å². The molecule has 1 aromatic carbocycles. The molecule has 20 heavy (non-hydrogen) atoms. The van der Waals surface area contributed by atoms with Gasteiger partial charge >= 0.3 is 0 Å². The fourth-order valence-corrected chi connectivity index (χ4v) is 3.15. The normalized spacial score (nSPS) is 23.7. The zero-order valence-corrected chi connectivity index (χ0v) is 12.0. The minimum Gasteiger partial charge on any atom is -0.329 e. The second-order valence-corrected chi connectivity index (χ2v) is 5.54. The lowest BCUT2D eigenvalue weighted by Crippen LogP contribution is -2.49. The lowest BCUT2D eigenvalue weighted by atomic mass is 9.95. The number of nitrogens with zero attached hydrogens (tertiary/aromatic N) is 2. The van der Waals surface area contributed by atoms with Crippen molar-refractivity contribution >= 4 is 5.69 Å². The van der Waals surface area contributed by atoms with Gasteiger partial charge in [-0.3, -0.25) is 15.0 Å². The van der Waals surface area contributed by atoms with Gasteiger partial charge in [0.25, 0.3) is 5.69 Å². The van der Waals surface area contributed by atoms with Crippen molar-refractivity contribution in [2.24, 2.45) is 5.73 Å². The number of nitro benzene ring substituents is 1. The largest absolute Gasteiger partial charge is 0.329 e. The predicted octanol–water partition coefficient (Wildman–Crippen LogP) is 2.34. The first-order valence-electron chi connectivity index (χ1n) is 7.31. The number of hydrogen-bond donors (Lipinski definition) is 1. The van der Waals surface area contributed by atoms with Crippen LogP contribution in [0.2, 0.25) is 0 Å². The number of piperidine rings is 1. The van der Waals surface area contributed by atoms with E-state index in [1.165, 1.54) is 12.8 Å². The molecule has 2 unspecified atom stereocenters. The van der Waals surface area contributed by atoms with Crippen LogP contribution in [0, 0.1) is 10.1 Å². The van der Waals surface area contributed by atoms with Crippen LogP contribution in [0.25, 0.3) is 0 Å². The summed E-state index contributed by atoms with van der Waals surface area (Å²) < 4.78 is 0. The Hall–Kier alpha value is -1.46. The molecule has 0 aliphatic carbocycles. The Morgan fingerprint density at radius 3 is 2.85 bits per heavy atom. The monoisotopic (exact) mass is 277 g/mol. The van der Waals surface area contributed by atoms with E-state index in [0.29, 0.717) is 25.0 Å². The van der Waals surface area contributed by atoms with Crippen LogP contribution in [0.3, 0.4) is 0 Å². The van der Waals surface area contributed by atoms with Crippen LogP contribution in [0.1, 0.15) is 31.7 Å². The number of para-hydroxylation sites is 1. The Morgan fingerprint density at radius 2 is 2.15 bits per heavy atom. The van der Waals surface area contributed by atoms with Crippen molar-refractivity contribution in [3.8, 4) is 0 Å². The Kier molecular flexibility index (Phi) is 5.09. The molecule has 0 amide bonds. The first-order chi connectivity index (χ1) is 9.63. The van der Waals surface area contributed by atoms with Gasteiger partial charge in [0.05, 0.1) is 4.92 Å². The fraction of sp³-hybridized carbons (Fsp3) is 0.600. The third-order valence-electron chi connectivity index (χ3n) is 4.29. The van der Waals surface area contributed by atoms with Crippen molar-refractivity contribution in [2.45, 2.75) is 44.7 Å². The van der Waals surface area contributed by atoms with Gasteiger partial charge in [0.2, 0.25) is 0 Å². The van der Waals surface area contributed by atoms with E-state index in [2.05, 4.69) is 11.8 Å². The molecule has 2 N–H and O–H groups in total. The SMILES string of the molecule is CC1CCCC(CN)N1CCc1ccccc1[N+](=O)[O-]. The summed E-state index contributed by atoms with van der Waals surface area (Å²) in [6, 6.07) is 7.94. The maximum atomic E-state index is 11.0.